The summed E-state index contributed by atoms with van der Waals surface area (Å²) in [5.41, 5.74) is 0. The van der Waals surface area contributed by atoms with Crippen LogP contribution in [0.25, 0.3) is 0 Å². The van der Waals surface area contributed by atoms with E-state index < -0.39 is 0 Å². The molecule has 0 aromatic rings. The highest BCUT2D eigenvalue weighted by atomic mass is 16.5. The lowest BCUT2D eigenvalue weighted by atomic mass is 10.2. The number of carbonyl (C=O) groups excluding carboxylic acids is 1. The van der Waals surface area contributed by atoms with E-state index in [1.807, 2.05) is 0 Å². The zero-order valence-corrected chi connectivity index (χ0v) is 11.0. The van der Waals surface area contributed by atoms with Crippen LogP contribution in [0.3, 0.4) is 0 Å². The van der Waals surface area contributed by atoms with Crippen molar-refractivity contribution < 1.29 is 9.53 Å². The summed E-state index contributed by atoms with van der Waals surface area (Å²) in [6.07, 6.45) is 4.08. The first-order chi connectivity index (χ1) is 9.39. The van der Waals surface area contributed by atoms with E-state index in [9.17, 15) is 4.79 Å². The zero-order chi connectivity index (χ0) is 13.6. The standard InChI is InChI=1S/C17H16O2/c18-17-15-13-11-9-7-5-3-1-2-4-6-8-10-12-14-16-19-17/h2,5,8,11,13-16H2. The van der Waals surface area contributed by atoms with E-state index in [1.54, 1.807) is 0 Å². The van der Waals surface area contributed by atoms with Crippen molar-refractivity contribution in [3.05, 3.63) is 0 Å². The average molecular weight is 252 g/mol. The molecule has 0 saturated heterocycles. The fourth-order valence-electron chi connectivity index (χ4n) is 1.29. The van der Waals surface area contributed by atoms with Gasteiger partial charge in [0.05, 0.1) is 19.3 Å². The zero-order valence-electron chi connectivity index (χ0n) is 11.0. The maximum Gasteiger partial charge on any atom is 0.305 e. The molecule has 1 aliphatic rings. The summed E-state index contributed by atoms with van der Waals surface area (Å²) in [5.74, 6) is 23.4. The number of carbonyl (C=O) groups is 1. The lowest BCUT2D eigenvalue weighted by molar-refractivity contribution is -0.143. The van der Waals surface area contributed by atoms with Gasteiger partial charge in [-0.3, -0.25) is 4.79 Å². The highest BCUT2D eigenvalue weighted by Gasteiger charge is 2.00. The van der Waals surface area contributed by atoms with Gasteiger partial charge in [0.25, 0.3) is 0 Å². The van der Waals surface area contributed by atoms with Gasteiger partial charge >= 0.3 is 5.97 Å². The van der Waals surface area contributed by atoms with Crippen LogP contribution in [0.5, 0.6) is 0 Å². The number of rotatable bonds is 0. The summed E-state index contributed by atoms with van der Waals surface area (Å²) in [6, 6.07) is 0. The quantitative estimate of drug-likeness (QED) is 0.488. The summed E-state index contributed by atoms with van der Waals surface area (Å²) in [6.45, 7) is 0.358. The molecule has 2 heteroatoms. The summed E-state index contributed by atoms with van der Waals surface area (Å²) >= 11 is 0. The molecular formula is C17H16O2. The van der Waals surface area contributed by atoms with E-state index >= 15 is 0 Å². The number of esters is 1. The molecule has 0 aromatic heterocycles. The van der Waals surface area contributed by atoms with Crippen molar-refractivity contribution >= 4 is 5.97 Å². The van der Waals surface area contributed by atoms with Gasteiger partial charge in [0.1, 0.15) is 6.61 Å². The molecule has 96 valence electrons. The summed E-state index contributed by atoms with van der Waals surface area (Å²) in [4.78, 5) is 11.3. The van der Waals surface area contributed by atoms with Crippen molar-refractivity contribution in [1.29, 1.82) is 0 Å². The molecule has 19 heavy (non-hydrogen) atoms. The fraction of sp³-hybridized carbons (Fsp3) is 0.471. The summed E-state index contributed by atoms with van der Waals surface area (Å²) < 4.78 is 5.04. The van der Waals surface area contributed by atoms with Crippen LogP contribution in [0.15, 0.2) is 0 Å². The van der Waals surface area contributed by atoms with Gasteiger partial charge < -0.3 is 4.74 Å². The first kappa shape index (κ1) is 14.8. The Kier molecular flexibility index (Phi) is 8.43. The molecule has 1 heterocycles. The molecule has 0 spiro atoms. The van der Waals surface area contributed by atoms with E-state index in [-0.39, 0.29) is 5.97 Å². The fourth-order valence-corrected chi connectivity index (χ4v) is 1.29. The van der Waals surface area contributed by atoms with Gasteiger partial charge in [-0.05, 0) is 6.42 Å². The molecule has 0 unspecified atom stereocenters. The van der Waals surface area contributed by atoms with Gasteiger partial charge in [-0.1, -0.05) is 41.4 Å². The summed E-state index contributed by atoms with van der Waals surface area (Å²) in [7, 11) is 0. The van der Waals surface area contributed by atoms with Gasteiger partial charge in [0, 0.05) is 19.3 Å². The first-order valence-corrected chi connectivity index (χ1v) is 6.38. The Morgan fingerprint density at radius 1 is 0.737 bits per heavy atom. The van der Waals surface area contributed by atoms with Crippen LogP contribution < -0.4 is 0 Å². The Labute approximate surface area is 115 Å². The molecule has 2 nitrogen and oxygen atoms in total. The van der Waals surface area contributed by atoms with Crippen molar-refractivity contribution in [2.24, 2.45) is 0 Å². The van der Waals surface area contributed by atoms with Crippen molar-refractivity contribution in [3.8, 4) is 47.4 Å². The molecule has 1 aliphatic heterocycles. The van der Waals surface area contributed by atoms with E-state index in [2.05, 4.69) is 47.4 Å². The molecule has 0 atom stereocenters. The van der Waals surface area contributed by atoms with Crippen LogP contribution in [0.1, 0.15) is 44.9 Å². The van der Waals surface area contributed by atoms with E-state index in [0.717, 1.165) is 6.42 Å². The predicted octanol–water partition coefficient (Wildman–Crippen LogP) is 2.29. The second-order valence-corrected chi connectivity index (χ2v) is 3.77. The Hall–Kier alpha value is -2.29. The second-order valence-electron chi connectivity index (χ2n) is 3.77. The summed E-state index contributed by atoms with van der Waals surface area (Å²) in [5, 5.41) is 0. The van der Waals surface area contributed by atoms with E-state index in [4.69, 9.17) is 4.74 Å². The maximum atomic E-state index is 11.3. The van der Waals surface area contributed by atoms with Crippen molar-refractivity contribution in [2.45, 2.75) is 44.9 Å². The maximum absolute atomic E-state index is 11.3. The highest BCUT2D eigenvalue weighted by Crippen LogP contribution is 1.97. The molecular weight excluding hydrogens is 236 g/mol. The second kappa shape index (κ2) is 10.8. The lowest BCUT2D eigenvalue weighted by Gasteiger charge is -2.00. The van der Waals surface area contributed by atoms with Crippen LogP contribution in [-0.2, 0) is 9.53 Å². The van der Waals surface area contributed by atoms with Crippen LogP contribution in [-0.4, -0.2) is 12.6 Å². The van der Waals surface area contributed by atoms with E-state index in [1.165, 1.54) is 0 Å². The number of ether oxygens (including phenoxy) is 1. The Bertz CT molecular complexity index is 479. The van der Waals surface area contributed by atoms with Gasteiger partial charge in [-0.25, -0.2) is 0 Å². The van der Waals surface area contributed by atoms with Crippen molar-refractivity contribution in [2.75, 3.05) is 6.61 Å². The minimum Gasteiger partial charge on any atom is -0.465 e. The van der Waals surface area contributed by atoms with Gasteiger partial charge in [0.2, 0.25) is 0 Å². The number of cyclic esters (lactones) is 1. The van der Waals surface area contributed by atoms with Crippen LogP contribution in [0, 0.1) is 47.4 Å². The third-order valence-electron chi connectivity index (χ3n) is 2.20. The Morgan fingerprint density at radius 3 is 1.89 bits per heavy atom. The predicted molar refractivity (Wildman–Crippen MR) is 74.4 cm³/mol. The Morgan fingerprint density at radius 2 is 1.26 bits per heavy atom. The van der Waals surface area contributed by atoms with Gasteiger partial charge in [-0.2, -0.15) is 0 Å². The molecule has 0 N–H and O–H groups in total. The molecule has 1 rings (SSSR count). The average Bonchev–Trinajstić information content (AvgIpc) is 2.41. The largest absolute Gasteiger partial charge is 0.465 e. The molecule has 0 bridgehead atoms. The molecule has 0 fully saturated rings. The van der Waals surface area contributed by atoms with Gasteiger partial charge in [0.15, 0.2) is 0 Å². The lowest BCUT2D eigenvalue weighted by Crippen LogP contribution is -2.04. The van der Waals surface area contributed by atoms with Crippen LogP contribution in [0.4, 0.5) is 0 Å². The third-order valence-corrected chi connectivity index (χ3v) is 2.20. The smallest absolute Gasteiger partial charge is 0.305 e. The molecule has 0 amide bonds. The minimum atomic E-state index is -0.177. The van der Waals surface area contributed by atoms with Crippen molar-refractivity contribution in [1.82, 2.24) is 0 Å². The van der Waals surface area contributed by atoms with Gasteiger partial charge in [-0.15, -0.1) is 5.92 Å². The molecule has 0 saturated carbocycles. The first-order valence-electron chi connectivity index (χ1n) is 6.38. The number of hydrogen-bond donors (Lipinski definition) is 0. The number of hydrogen-bond acceptors (Lipinski definition) is 2. The normalized spacial score (nSPS) is 16.3. The monoisotopic (exact) mass is 252 g/mol. The topological polar surface area (TPSA) is 26.3 Å². The molecule has 0 aliphatic carbocycles. The van der Waals surface area contributed by atoms with Crippen LogP contribution >= 0.6 is 0 Å². The third kappa shape index (κ3) is 9.41. The SMILES string of the molecule is O=C1CCCC#CCC#CCC#CCC#CCCO1. The van der Waals surface area contributed by atoms with Crippen LogP contribution in [0.2, 0.25) is 0 Å². The molecule has 0 aromatic carbocycles. The Balaban J connectivity index is 2.46. The van der Waals surface area contributed by atoms with Crippen molar-refractivity contribution in [3.63, 3.8) is 0 Å². The molecule has 0 radical (unpaired) electrons. The highest BCUT2D eigenvalue weighted by molar-refractivity contribution is 5.69. The van der Waals surface area contributed by atoms with E-state index in [0.29, 0.717) is 45.1 Å². The minimum absolute atomic E-state index is 0.177.